The van der Waals surface area contributed by atoms with Crippen molar-refractivity contribution in [3.63, 3.8) is 0 Å². The van der Waals surface area contributed by atoms with Crippen molar-refractivity contribution in [2.75, 3.05) is 0 Å². The number of aliphatic hydroxyl groups is 1. The Morgan fingerprint density at radius 1 is 1.32 bits per heavy atom. The average Bonchev–Trinajstić information content (AvgIpc) is 2.23. The molecule has 104 valence electrons. The van der Waals surface area contributed by atoms with Gasteiger partial charge in [0.1, 0.15) is 11.2 Å². The van der Waals surface area contributed by atoms with Crippen LogP contribution in [0.5, 0.6) is 0 Å². The number of hydrogen-bond donors (Lipinski definition) is 2. The number of hydrogen-bond acceptors (Lipinski definition) is 2. The summed E-state index contributed by atoms with van der Waals surface area (Å²) in [5, 5.41) is 18.3. The van der Waals surface area contributed by atoms with E-state index >= 15 is 0 Å². The molecule has 0 spiro atoms. The van der Waals surface area contributed by atoms with Crippen LogP contribution in [0.3, 0.4) is 0 Å². The Bertz CT molecular complexity index is 518. The summed E-state index contributed by atoms with van der Waals surface area (Å²) in [6.07, 6.45) is -6.41. The van der Waals surface area contributed by atoms with Crippen molar-refractivity contribution in [1.29, 1.82) is 0 Å². The molecule has 1 aromatic carbocycles. The van der Waals surface area contributed by atoms with E-state index in [1.807, 2.05) is 0 Å². The molecule has 1 saturated carbocycles. The number of alkyl halides is 3. The minimum atomic E-state index is -4.89. The van der Waals surface area contributed by atoms with E-state index < -0.39 is 40.6 Å². The summed E-state index contributed by atoms with van der Waals surface area (Å²) in [7, 11) is 0. The van der Waals surface area contributed by atoms with E-state index in [0.717, 1.165) is 12.1 Å². The summed E-state index contributed by atoms with van der Waals surface area (Å²) in [6, 6.07) is 2.55. The molecule has 19 heavy (non-hydrogen) atoms. The summed E-state index contributed by atoms with van der Waals surface area (Å²) in [6.45, 7) is 0. The molecule has 0 atom stereocenters. The Kier molecular flexibility index (Phi) is 3.04. The van der Waals surface area contributed by atoms with E-state index in [0.29, 0.717) is 6.07 Å². The van der Waals surface area contributed by atoms with E-state index in [2.05, 4.69) is 0 Å². The van der Waals surface area contributed by atoms with E-state index in [-0.39, 0.29) is 12.8 Å². The molecule has 1 aliphatic carbocycles. The van der Waals surface area contributed by atoms with Crippen LogP contribution < -0.4 is 0 Å². The third-order valence-corrected chi connectivity index (χ3v) is 3.40. The fourth-order valence-corrected chi connectivity index (χ4v) is 2.37. The molecule has 0 aromatic heterocycles. The van der Waals surface area contributed by atoms with Gasteiger partial charge in [0.15, 0.2) is 0 Å². The molecule has 7 heteroatoms. The second-order valence-electron chi connectivity index (χ2n) is 4.61. The van der Waals surface area contributed by atoms with Crippen LogP contribution in [0.25, 0.3) is 0 Å². The minimum Gasteiger partial charge on any atom is -0.481 e. The van der Waals surface area contributed by atoms with Crippen molar-refractivity contribution < 1.29 is 32.6 Å². The third-order valence-electron chi connectivity index (χ3n) is 3.40. The highest BCUT2D eigenvalue weighted by Gasteiger charge is 2.53. The van der Waals surface area contributed by atoms with Crippen LogP contribution in [0.2, 0.25) is 0 Å². The maximum absolute atomic E-state index is 13.9. The number of aliphatic hydroxyl groups excluding tert-OH is 1. The second-order valence-corrected chi connectivity index (χ2v) is 4.61. The average molecular weight is 278 g/mol. The van der Waals surface area contributed by atoms with E-state index in [1.54, 1.807) is 0 Å². The van der Waals surface area contributed by atoms with Gasteiger partial charge in [0.25, 0.3) is 0 Å². The zero-order valence-corrected chi connectivity index (χ0v) is 9.54. The Morgan fingerprint density at radius 2 is 1.89 bits per heavy atom. The monoisotopic (exact) mass is 278 g/mol. The molecule has 2 rings (SSSR count). The van der Waals surface area contributed by atoms with Crippen LogP contribution in [0.4, 0.5) is 17.6 Å². The van der Waals surface area contributed by atoms with Crippen LogP contribution in [-0.2, 0) is 16.4 Å². The maximum atomic E-state index is 13.9. The van der Waals surface area contributed by atoms with Gasteiger partial charge in [-0.05, 0) is 18.9 Å². The van der Waals surface area contributed by atoms with Gasteiger partial charge in [-0.15, -0.1) is 0 Å². The van der Waals surface area contributed by atoms with Crippen LogP contribution >= 0.6 is 0 Å². The number of carbonyl (C=O) groups is 1. The molecule has 0 amide bonds. The number of aliphatic carboxylic acids is 1. The van der Waals surface area contributed by atoms with Gasteiger partial charge in [0.05, 0.1) is 11.7 Å². The van der Waals surface area contributed by atoms with Crippen molar-refractivity contribution in [2.24, 2.45) is 0 Å². The lowest BCUT2D eigenvalue weighted by atomic mass is 9.62. The predicted octanol–water partition coefficient (Wildman–Crippen LogP) is 2.32. The van der Waals surface area contributed by atoms with Crippen molar-refractivity contribution in [2.45, 2.75) is 30.5 Å². The standard InChI is InChI=1S/C12H10F4O3/c13-9-7(2-1-3-8(9)12(14,15)16)11(10(18)19)4-6(17)5-11/h1-3,6,17H,4-5H2,(H,18,19). The van der Waals surface area contributed by atoms with Crippen LogP contribution in [0.1, 0.15) is 24.0 Å². The first-order valence-corrected chi connectivity index (χ1v) is 5.46. The Hall–Kier alpha value is -1.63. The SMILES string of the molecule is O=C(O)C1(c2cccc(C(F)(F)F)c2F)CC(O)C1. The molecular weight excluding hydrogens is 268 g/mol. The van der Waals surface area contributed by atoms with Crippen molar-refractivity contribution >= 4 is 5.97 Å². The Balaban J connectivity index is 2.55. The fourth-order valence-electron chi connectivity index (χ4n) is 2.37. The number of rotatable bonds is 2. The Morgan fingerprint density at radius 3 is 2.32 bits per heavy atom. The van der Waals surface area contributed by atoms with Gasteiger partial charge in [-0.3, -0.25) is 4.79 Å². The highest BCUT2D eigenvalue weighted by Crippen LogP contribution is 2.46. The topological polar surface area (TPSA) is 57.5 Å². The van der Waals surface area contributed by atoms with Crippen molar-refractivity contribution in [1.82, 2.24) is 0 Å². The van der Waals surface area contributed by atoms with Crippen molar-refractivity contribution in [3.05, 3.63) is 35.1 Å². The summed E-state index contributed by atoms with van der Waals surface area (Å²) < 4.78 is 51.6. The lowest BCUT2D eigenvalue weighted by Crippen LogP contribution is -2.51. The molecule has 0 radical (unpaired) electrons. The summed E-state index contributed by atoms with van der Waals surface area (Å²) in [4.78, 5) is 11.2. The van der Waals surface area contributed by atoms with Gasteiger partial charge in [-0.1, -0.05) is 12.1 Å². The molecule has 0 saturated heterocycles. The van der Waals surface area contributed by atoms with Crippen LogP contribution in [0.15, 0.2) is 18.2 Å². The molecule has 1 aromatic rings. The van der Waals surface area contributed by atoms with Gasteiger partial charge in [-0.25, -0.2) is 4.39 Å². The zero-order valence-electron chi connectivity index (χ0n) is 9.54. The lowest BCUT2D eigenvalue weighted by molar-refractivity contribution is -0.153. The van der Waals surface area contributed by atoms with Gasteiger partial charge < -0.3 is 10.2 Å². The highest BCUT2D eigenvalue weighted by molar-refractivity contribution is 5.83. The molecule has 3 nitrogen and oxygen atoms in total. The quantitative estimate of drug-likeness (QED) is 0.816. The van der Waals surface area contributed by atoms with E-state index in [1.165, 1.54) is 0 Å². The Labute approximate surface area is 105 Å². The van der Waals surface area contributed by atoms with E-state index in [4.69, 9.17) is 5.11 Å². The van der Waals surface area contributed by atoms with Gasteiger partial charge in [-0.2, -0.15) is 13.2 Å². The van der Waals surface area contributed by atoms with E-state index in [9.17, 15) is 27.5 Å². The van der Waals surface area contributed by atoms with Gasteiger partial charge in [0.2, 0.25) is 0 Å². The molecule has 0 bridgehead atoms. The summed E-state index contributed by atoms with van der Waals surface area (Å²) in [5.41, 5.74) is -3.79. The molecular formula is C12H10F4O3. The molecule has 0 heterocycles. The predicted molar refractivity (Wildman–Crippen MR) is 56.0 cm³/mol. The third kappa shape index (κ3) is 2.07. The van der Waals surface area contributed by atoms with Crippen molar-refractivity contribution in [3.8, 4) is 0 Å². The molecule has 1 fully saturated rings. The lowest BCUT2D eigenvalue weighted by Gasteiger charge is -2.42. The first kappa shape index (κ1) is 13.8. The number of carboxylic acids is 1. The van der Waals surface area contributed by atoms with Gasteiger partial charge >= 0.3 is 12.1 Å². The normalized spacial score (nSPS) is 26.9. The highest BCUT2D eigenvalue weighted by atomic mass is 19.4. The largest absolute Gasteiger partial charge is 0.481 e. The second kappa shape index (κ2) is 4.19. The number of halogens is 4. The van der Waals surface area contributed by atoms with Crippen LogP contribution in [0, 0.1) is 5.82 Å². The first-order chi connectivity index (χ1) is 8.68. The van der Waals surface area contributed by atoms with Crippen LogP contribution in [-0.4, -0.2) is 22.3 Å². The zero-order chi connectivity index (χ0) is 14.4. The smallest absolute Gasteiger partial charge is 0.419 e. The summed E-state index contributed by atoms with van der Waals surface area (Å²) >= 11 is 0. The molecule has 1 aliphatic rings. The maximum Gasteiger partial charge on any atom is 0.419 e. The summed E-state index contributed by atoms with van der Waals surface area (Å²) in [5.74, 6) is -3.01. The molecule has 0 aliphatic heterocycles. The molecule has 0 unspecified atom stereocenters. The fraction of sp³-hybridized carbons (Fsp3) is 0.417. The number of benzene rings is 1. The van der Waals surface area contributed by atoms with Gasteiger partial charge in [0, 0.05) is 5.56 Å². The molecule has 2 N–H and O–H groups in total. The number of carboxylic acid groups (broad SMARTS) is 1. The first-order valence-electron chi connectivity index (χ1n) is 5.46. The minimum absolute atomic E-state index is 0.291.